The molecule has 2 aliphatic heterocycles. The summed E-state index contributed by atoms with van der Waals surface area (Å²) in [6.45, 7) is 17.1. The Hall–Kier alpha value is -5.22. The first-order valence-corrected chi connectivity index (χ1v) is 30.8. The van der Waals surface area contributed by atoms with Gasteiger partial charge in [0.15, 0.2) is 17.6 Å². The molecule has 0 bridgehead atoms. The van der Waals surface area contributed by atoms with Crippen LogP contribution in [0.5, 0.6) is 0 Å². The monoisotopic (exact) mass is 1180 g/mol. The van der Waals surface area contributed by atoms with Crippen molar-refractivity contribution in [2.75, 3.05) is 61.1 Å². The quantitative estimate of drug-likeness (QED) is 0.0601. The van der Waals surface area contributed by atoms with E-state index in [0.29, 0.717) is 40.9 Å². The average molecular weight is 1180 g/mol. The fourth-order valence-electron chi connectivity index (χ4n) is 11.2. The van der Waals surface area contributed by atoms with E-state index in [1.165, 1.54) is 63.9 Å². The van der Waals surface area contributed by atoms with Crippen LogP contribution in [0.2, 0.25) is 0 Å². The molecule has 0 radical (unpaired) electrons. The number of rotatable bonds is 30. The molecule has 1 saturated heterocycles. The van der Waals surface area contributed by atoms with Gasteiger partial charge < -0.3 is 44.4 Å². The van der Waals surface area contributed by atoms with Crippen LogP contribution in [0.1, 0.15) is 118 Å². The van der Waals surface area contributed by atoms with Crippen molar-refractivity contribution in [3.8, 4) is 0 Å². The molecule has 1 aromatic rings. The second-order valence-electron chi connectivity index (χ2n) is 23.8. The van der Waals surface area contributed by atoms with E-state index in [0.717, 1.165) is 5.56 Å². The van der Waals surface area contributed by atoms with Crippen LogP contribution in [0.3, 0.4) is 0 Å². The molecule has 0 spiro atoms. The molecule has 1 fully saturated rings. The number of allylic oxidation sites excluding steroid dienone is 1. The lowest BCUT2D eigenvalue weighted by molar-refractivity contribution is -0.890. The number of nitrogens with one attached hydrogen (secondary N) is 3. The van der Waals surface area contributed by atoms with Crippen LogP contribution >= 0.6 is 23.5 Å². The molecule has 0 aliphatic carbocycles. The van der Waals surface area contributed by atoms with E-state index < -0.39 is 83.7 Å². The molecule has 1 unspecified atom stereocenters. The van der Waals surface area contributed by atoms with Gasteiger partial charge in [-0.05, 0) is 66.0 Å². The second-order valence-corrected chi connectivity index (χ2v) is 25.9. The highest BCUT2D eigenvalue weighted by molar-refractivity contribution is 8.18. The number of esters is 1. The van der Waals surface area contributed by atoms with Gasteiger partial charge in [0.25, 0.3) is 5.91 Å². The number of amides is 5. The largest absolute Gasteiger partial charge is 0.469 e. The van der Waals surface area contributed by atoms with Crippen LogP contribution in [-0.2, 0) is 75.0 Å². The summed E-state index contributed by atoms with van der Waals surface area (Å²) in [6, 6.07) is 2.66. The maximum Gasteiger partial charge on any atom is 0.309 e. The number of ether oxygens (including phenoxy) is 3. The van der Waals surface area contributed by atoms with Gasteiger partial charge in [0.05, 0.1) is 70.9 Å². The molecule has 2 aliphatic rings. The van der Waals surface area contributed by atoms with Crippen molar-refractivity contribution in [1.82, 2.24) is 25.8 Å². The van der Waals surface area contributed by atoms with Crippen molar-refractivity contribution in [2.45, 2.75) is 169 Å². The summed E-state index contributed by atoms with van der Waals surface area (Å²) >= 11 is 2.74. The van der Waals surface area contributed by atoms with Gasteiger partial charge >= 0.3 is 5.97 Å². The lowest BCUT2D eigenvalue weighted by Gasteiger charge is -2.41. The summed E-state index contributed by atoms with van der Waals surface area (Å²) in [7, 11) is 11.9. The number of thioether (sulfide) groups is 2. The average Bonchev–Trinajstić information content (AvgIpc) is 4.07. The number of carbonyl (C=O) groups excluding carboxylic acids is 10. The van der Waals surface area contributed by atoms with Gasteiger partial charge in [0.2, 0.25) is 23.6 Å². The lowest BCUT2D eigenvalue weighted by Crippen LogP contribution is -2.62. The predicted octanol–water partition coefficient (Wildman–Crippen LogP) is 5.89. The van der Waals surface area contributed by atoms with E-state index in [-0.39, 0.29) is 97.4 Å². The van der Waals surface area contributed by atoms with Crippen molar-refractivity contribution in [1.29, 1.82) is 0 Å². The van der Waals surface area contributed by atoms with Crippen molar-refractivity contribution in [2.24, 2.45) is 35.5 Å². The number of ketones is 4. The first kappa shape index (κ1) is 71.0. The first-order valence-electron chi connectivity index (χ1n) is 28.7. The third kappa shape index (κ3) is 21.1. The third-order valence-electron chi connectivity index (χ3n) is 15.9. The zero-order chi connectivity index (χ0) is 61.8. The van der Waals surface area contributed by atoms with Gasteiger partial charge in [-0.1, -0.05) is 86.1 Å². The van der Waals surface area contributed by atoms with E-state index in [2.05, 4.69) is 16.0 Å². The Morgan fingerprint density at radius 3 is 1.98 bits per heavy atom. The Bertz CT molecular complexity index is 2400. The number of hydrogen-bond acceptors (Lipinski definition) is 15. The highest BCUT2D eigenvalue weighted by Crippen LogP contribution is 2.31. The molecule has 3 rings (SSSR count). The molecule has 458 valence electrons. The van der Waals surface area contributed by atoms with Gasteiger partial charge in [0.1, 0.15) is 23.7 Å². The van der Waals surface area contributed by atoms with E-state index in [1.807, 2.05) is 62.7 Å². The lowest BCUT2D eigenvalue weighted by atomic mass is 9.85. The minimum Gasteiger partial charge on any atom is -0.469 e. The van der Waals surface area contributed by atoms with E-state index in [4.69, 9.17) is 14.2 Å². The summed E-state index contributed by atoms with van der Waals surface area (Å²) in [6.07, 6.45) is 2.67. The molecule has 0 saturated carbocycles. The zero-order valence-corrected chi connectivity index (χ0v) is 53.1. The predicted molar refractivity (Wildman–Crippen MR) is 320 cm³/mol. The Morgan fingerprint density at radius 2 is 1.41 bits per heavy atom. The summed E-state index contributed by atoms with van der Waals surface area (Å²) in [4.78, 5) is 138. The Labute approximate surface area is 495 Å². The summed E-state index contributed by atoms with van der Waals surface area (Å²) in [5, 5.41) is 12.0. The normalized spacial score (nSPS) is 20.7. The Balaban J connectivity index is 1.68. The van der Waals surface area contributed by atoms with Crippen molar-refractivity contribution in [3.63, 3.8) is 0 Å². The number of benzene rings is 1. The van der Waals surface area contributed by atoms with Crippen molar-refractivity contribution >= 4 is 82.2 Å². The molecule has 21 heteroatoms. The molecular weight excluding hydrogens is 1090 g/mol. The highest BCUT2D eigenvalue weighted by atomic mass is 32.2. The van der Waals surface area contributed by atoms with Crippen LogP contribution in [0.4, 0.5) is 0 Å². The number of carbonyl (C=O) groups is 10. The van der Waals surface area contributed by atoms with E-state index in [1.54, 1.807) is 65.8 Å². The Morgan fingerprint density at radius 1 is 0.793 bits per heavy atom. The van der Waals surface area contributed by atoms with Gasteiger partial charge in [0, 0.05) is 82.4 Å². The molecule has 12 atom stereocenters. The standard InChI is InChI=1S/C61H94N6O13S2/c1-17-38(6)55(65(10)60(76)54(36(2)3)64-59(75)56(37(4)5)67(11,12)13)51(78-14)34-53(73)66-26-18-19-47(66)57(79-15)40(8)49(70)32-44(61(77)80-16)30-42-20-22-43(23-21-42)31-48(69)39(7)29-50(71)41(9)62-58(74)46-33-45(68)24-27-81-35-82-28-25-52(72)63-46/h20-25,27-28,36-41,44,46-47,51,54-57H,17-19,26,29-35H2,1-16H3,(H2-,62,63,64,72,74,75)/p+1/b27-24+,28-25+/t38-,39+,40-,41-,44-,46?,47-,51+,54-,55-,56+,57+/m0/s1. The van der Waals surface area contributed by atoms with Gasteiger partial charge in [-0.3, -0.25) is 47.9 Å². The van der Waals surface area contributed by atoms with Crippen LogP contribution < -0.4 is 16.0 Å². The van der Waals surface area contributed by atoms with Crippen LogP contribution in [0.25, 0.3) is 0 Å². The fraction of sp³-hybridized carbons (Fsp3) is 0.672. The molecule has 1 aromatic carbocycles. The van der Waals surface area contributed by atoms with Crippen molar-refractivity contribution in [3.05, 3.63) is 58.4 Å². The topological polar surface area (TPSA) is 241 Å². The molecule has 82 heavy (non-hydrogen) atoms. The molecule has 2 heterocycles. The number of likely N-dealkylation sites (tertiary alicyclic amines) is 1. The van der Waals surface area contributed by atoms with Crippen LogP contribution in [0.15, 0.2) is 47.2 Å². The molecule has 3 N–H and O–H groups in total. The minimum atomic E-state index is -1.21. The van der Waals surface area contributed by atoms with E-state index >= 15 is 0 Å². The molecule has 0 aromatic heterocycles. The summed E-state index contributed by atoms with van der Waals surface area (Å²) < 4.78 is 17.7. The molecule has 5 amide bonds. The molecule has 19 nitrogen and oxygen atoms in total. The van der Waals surface area contributed by atoms with Crippen LogP contribution in [-0.4, -0.2) is 183 Å². The fourth-order valence-corrected chi connectivity index (χ4v) is 12.6. The third-order valence-corrected chi connectivity index (χ3v) is 17.7. The van der Waals surface area contributed by atoms with Gasteiger partial charge in [-0.25, -0.2) is 0 Å². The number of Topliss-reactive ketones (excluding diaryl/α,β-unsaturated/α-hetero) is 3. The summed E-state index contributed by atoms with van der Waals surface area (Å²) in [5.41, 5.74) is 1.39. The Kier molecular flexibility index (Phi) is 29.4. The van der Waals surface area contributed by atoms with Gasteiger partial charge in [-0.2, -0.15) is 0 Å². The summed E-state index contributed by atoms with van der Waals surface area (Å²) in [5.74, 6) is -6.28. The zero-order valence-electron chi connectivity index (χ0n) is 51.4. The smallest absolute Gasteiger partial charge is 0.309 e. The maximum absolute atomic E-state index is 14.5. The maximum atomic E-state index is 14.5. The number of likely N-dealkylation sites (N-methyl/N-ethyl adjacent to an activating group) is 2. The number of quaternary nitrogens is 1. The number of methoxy groups -OCH3 is 3. The van der Waals surface area contributed by atoms with E-state index in [9.17, 15) is 47.9 Å². The number of hydrogen-bond donors (Lipinski definition) is 3. The number of nitrogens with zero attached hydrogens (tertiary/aromatic N) is 3. The SMILES string of the molecule is CC[C@H](C)[C@@H]([C@@H](CC(=O)N1CCC[C@H]1[C@H](OC)[C@@H](C)C(=O)C[C@H](Cc1ccc(CC(=O)[C@H](C)CC(=O)[C@H](C)NC(=O)C2CC(=O)/C=C/SCS/C=C/C(=O)N2)cc1)C(=O)OC)OC)N(C)C(=O)[C@@H](NC(=O)[C@@H](C(C)C)[N+](C)(C)C)C(C)C. The minimum absolute atomic E-state index is 0.0102. The van der Waals surface area contributed by atoms with Gasteiger partial charge in [-0.15, -0.1) is 23.5 Å². The van der Waals surface area contributed by atoms with Crippen molar-refractivity contribution < 1.29 is 66.6 Å². The van der Waals surface area contributed by atoms with Crippen LogP contribution in [0, 0.1) is 35.5 Å². The second kappa shape index (κ2) is 33.9. The molecular formula is C61H95N6O13S2+. The first-order chi connectivity index (χ1) is 38.5. The highest BCUT2D eigenvalue weighted by Gasteiger charge is 2.44.